The summed E-state index contributed by atoms with van der Waals surface area (Å²) in [5.41, 5.74) is 7.05. The van der Waals surface area contributed by atoms with Crippen molar-refractivity contribution in [2.75, 3.05) is 6.54 Å². The van der Waals surface area contributed by atoms with Gasteiger partial charge in [0.2, 0.25) is 0 Å². The third-order valence-corrected chi connectivity index (χ3v) is 2.71. The van der Waals surface area contributed by atoms with Crippen LogP contribution in [0.5, 0.6) is 0 Å². The Labute approximate surface area is 92.9 Å². The van der Waals surface area contributed by atoms with Gasteiger partial charge in [-0.3, -0.25) is 0 Å². The maximum atomic E-state index is 5.72. The highest BCUT2D eigenvalue weighted by molar-refractivity contribution is 5.18. The molecule has 0 heterocycles. The number of nitrogens with two attached hydrogens (primary N) is 1. The normalized spacial score (nSPS) is 14.9. The van der Waals surface area contributed by atoms with Crippen LogP contribution >= 0.6 is 0 Å². The quantitative estimate of drug-likeness (QED) is 0.750. The lowest BCUT2D eigenvalue weighted by molar-refractivity contribution is 0.433. The van der Waals surface area contributed by atoms with Crippen molar-refractivity contribution >= 4 is 0 Å². The second-order valence-electron chi connectivity index (χ2n) is 4.02. The molecule has 0 radical (unpaired) electrons. The summed E-state index contributed by atoms with van der Waals surface area (Å²) in [6.45, 7) is 5.09. The molecule has 0 fully saturated rings. The SMILES string of the molecule is CCCC(CN)NC(C)c1ccccc1. The molecule has 0 aliphatic heterocycles. The van der Waals surface area contributed by atoms with Gasteiger partial charge < -0.3 is 11.1 Å². The predicted molar refractivity (Wildman–Crippen MR) is 65.7 cm³/mol. The van der Waals surface area contributed by atoms with Gasteiger partial charge in [-0.2, -0.15) is 0 Å². The van der Waals surface area contributed by atoms with E-state index >= 15 is 0 Å². The molecule has 0 aliphatic rings. The molecule has 0 spiro atoms. The molecule has 0 aromatic heterocycles. The first kappa shape index (κ1) is 12.2. The minimum Gasteiger partial charge on any atom is -0.329 e. The van der Waals surface area contributed by atoms with Crippen LogP contribution in [0.3, 0.4) is 0 Å². The Bertz CT molecular complexity index is 258. The second kappa shape index (κ2) is 6.59. The van der Waals surface area contributed by atoms with E-state index in [2.05, 4.69) is 43.4 Å². The average Bonchev–Trinajstić information content (AvgIpc) is 2.29. The number of hydrogen-bond acceptors (Lipinski definition) is 2. The molecule has 0 saturated heterocycles. The van der Waals surface area contributed by atoms with Gasteiger partial charge >= 0.3 is 0 Å². The van der Waals surface area contributed by atoms with Crippen LogP contribution in [0.15, 0.2) is 30.3 Å². The molecule has 1 rings (SSSR count). The zero-order valence-electron chi connectivity index (χ0n) is 9.74. The molecule has 0 aliphatic carbocycles. The zero-order valence-corrected chi connectivity index (χ0v) is 9.74. The Morgan fingerprint density at radius 3 is 2.47 bits per heavy atom. The monoisotopic (exact) mass is 206 g/mol. The Morgan fingerprint density at radius 1 is 1.27 bits per heavy atom. The van der Waals surface area contributed by atoms with E-state index in [9.17, 15) is 0 Å². The van der Waals surface area contributed by atoms with Crippen LogP contribution in [-0.4, -0.2) is 12.6 Å². The van der Waals surface area contributed by atoms with Gasteiger partial charge in [-0.25, -0.2) is 0 Å². The number of benzene rings is 1. The van der Waals surface area contributed by atoms with Gasteiger partial charge in [-0.15, -0.1) is 0 Å². The molecule has 2 unspecified atom stereocenters. The largest absolute Gasteiger partial charge is 0.329 e. The lowest BCUT2D eigenvalue weighted by Crippen LogP contribution is -2.37. The van der Waals surface area contributed by atoms with Crippen molar-refractivity contribution in [3.05, 3.63) is 35.9 Å². The summed E-state index contributed by atoms with van der Waals surface area (Å²) in [5.74, 6) is 0. The molecule has 3 N–H and O–H groups in total. The van der Waals surface area contributed by atoms with E-state index in [-0.39, 0.29) is 0 Å². The molecule has 2 heteroatoms. The highest BCUT2D eigenvalue weighted by atomic mass is 15.0. The fraction of sp³-hybridized carbons (Fsp3) is 0.538. The second-order valence-corrected chi connectivity index (χ2v) is 4.02. The van der Waals surface area contributed by atoms with Crippen molar-refractivity contribution in [2.24, 2.45) is 5.73 Å². The van der Waals surface area contributed by atoms with Crippen LogP contribution in [0.1, 0.15) is 38.3 Å². The van der Waals surface area contributed by atoms with Crippen molar-refractivity contribution in [3.8, 4) is 0 Å². The van der Waals surface area contributed by atoms with Gasteiger partial charge in [0.05, 0.1) is 0 Å². The van der Waals surface area contributed by atoms with Gasteiger partial charge in [0, 0.05) is 18.6 Å². The minimum atomic E-state index is 0.381. The maximum absolute atomic E-state index is 5.72. The summed E-state index contributed by atoms with van der Waals surface area (Å²) < 4.78 is 0. The first-order valence-corrected chi connectivity index (χ1v) is 5.79. The van der Waals surface area contributed by atoms with E-state index in [1.807, 2.05) is 6.07 Å². The summed E-state index contributed by atoms with van der Waals surface area (Å²) in [7, 11) is 0. The van der Waals surface area contributed by atoms with E-state index in [1.165, 1.54) is 12.0 Å². The lowest BCUT2D eigenvalue weighted by atomic mass is 10.1. The average molecular weight is 206 g/mol. The lowest BCUT2D eigenvalue weighted by Gasteiger charge is -2.22. The van der Waals surface area contributed by atoms with Crippen molar-refractivity contribution in [1.82, 2.24) is 5.32 Å². The molecule has 0 amide bonds. The molecule has 0 bridgehead atoms. The Morgan fingerprint density at radius 2 is 1.93 bits per heavy atom. The zero-order chi connectivity index (χ0) is 11.1. The summed E-state index contributed by atoms with van der Waals surface area (Å²) in [6, 6.07) is 11.3. The van der Waals surface area contributed by atoms with Crippen LogP contribution in [0.25, 0.3) is 0 Å². The summed E-state index contributed by atoms with van der Waals surface area (Å²) in [4.78, 5) is 0. The van der Waals surface area contributed by atoms with E-state index < -0.39 is 0 Å². The van der Waals surface area contributed by atoms with Crippen LogP contribution in [0.2, 0.25) is 0 Å². The maximum Gasteiger partial charge on any atom is 0.0294 e. The molecule has 15 heavy (non-hydrogen) atoms. The molecule has 2 nitrogen and oxygen atoms in total. The molecular weight excluding hydrogens is 184 g/mol. The van der Waals surface area contributed by atoms with Gasteiger partial charge in [0.15, 0.2) is 0 Å². The fourth-order valence-electron chi connectivity index (χ4n) is 1.81. The van der Waals surface area contributed by atoms with Crippen molar-refractivity contribution in [1.29, 1.82) is 0 Å². The van der Waals surface area contributed by atoms with Crippen LogP contribution in [0.4, 0.5) is 0 Å². The van der Waals surface area contributed by atoms with Crippen LogP contribution in [-0.2, 0) is 0 Å². The molecule has 0 saturated carbocycles. The minimum absolute atomic E-state index is 0.381. The van der Waals surface area contributed by atoms with E-state index in [1.54, 1.807) is 0 Å². The van der Waals surface area contributed by atoms with Crippen molar-refractivity contribution in [2.45, 2.75) is 38.8 Å². The standard InChI is InChI=1S/C13H22N2/c1-3-7-13(10-14)15-11(2)12-8-5-4-6-9-12/h4-6,8-9,11,13,15H,3,7,10,14H2,1-2H3. The highest BCUT2D eigenvalue weighted by Gasteiger charge is 2.10. The topological polar surface area (TPSA) is 38.0 Å². The summed E-state index contributed by atoms with van der Waals surface area (Å²) >= 11 is 0. The highest BCUT2D eigenvalue weighted by Crippen LogP contribution is 2.12. The van der Waals surface area contributed by atoms with Gasteiger partial charge in [-0.05, 0) is 18.9 Å². The molecule has 2 atom stereocenters. The Balaban J connectivity index is 2.50. The van der Waals surface area contributed by atoms with Gasteiger partial charge in [0.1, 0.15) is 0 Å². The third-order valence-electron chi connectivity index (χ3n) is 2.71. The summed E-state index contributed by atoms with van der Waals surface area (Å²) in [6.07, 6.45) is 2.32. The van der Waals surface area contributed by atoms with Gasteiger partial charge in [-0.1, -0.05) is 43.7 Å². The molecule has 84 valence electrons. The van der Waals surface area contributed by atoms with E-state index in [0.29, 0.717) is 18.6 Å². The fourth-order valence-corrected chi connectivity index (χ4v) is 1.81. The number of rotatable bonds is 6. The smallest absolute Gasteiger partial charge is 0.0294 e. The van der Waals surface area contributed by atoms with Crippen molar-refractivity contribution in [3.63, 3.8) is 0 Å². The first-order valence-electron chi connectivity index (χ1n) is 5.79. The van der Waals surface area contributed by atoms with E-state index in [0.717, 1.165) is 6.42 Å². The van der Waals surface area contributed by atoms with Crippen LogP contribution < -0.4 is 11.1 Å². The third kappa shape index (κ3) is 4.02. The number of nitrogens with one attached hydrogen (secondary N) is 1. The Kier molecular flexibility index (Phi) is 5.37. The molecule has 1 aromatic carbocycles. The number of hydrogen-bond donors (Lipinski definition) is 2. The van der Waals surface area contributed by atoms with Crippen molar-refractivity contribution < 1.29 is 0 Å². The van der Waals surface area contributed by atoms with Gasteiger partial charge in [0.25, 0.3) is 0 Å². The summed E-state index contributed by atoms with van der Waals surface area (Å²) in [5, 5.41) is 3.56. The van der Waals surface area contributed by atoms with Crippen LogP contribution in [0, 0.1) is 0 Å². The molecule has 1 aromatic rings. The molecular formula is C13H22N2. The first-order chi connectivity index (χ1) is 7.27. The predicted octanol–water partition coefficient (Wildman–Crippen LogP) is 2.46. The van der Waals surface area contributed by atoms with E-state index in [4.69, 9.17) is 5.73 Å². The Hall–Kier alpha value is -0.860.